The fraction of sp³-hybridized carbons (Fsp3) is 0.462. The Labute approximate surface area is 117 Å². The van der Waals surface area contributed by atoms with Crippen molar-refractivity contribution in [2.45, 2.75) is 31.8 Å². The zero-order valence-corrected chi connectivity index (χ0v) is 11.4. The van der Waals surface area contributed by atoms with Crippen LogP contribution in [0, 0.1) is 11.6 Å². The van der Waals surface area contributed by atoms with Gasteiger partial charge in [-0.05, 0) is 38.4 Å². The number of benzene rings is 1. The van der Waals surface area contributed by atoms with Gasteiger partial charge in [0.15, 0.2) is 0 Å². The summed E-state index contributed by atoms with van der Waals surface area (Å²) in [6.07, 6.45) is 1.84. The molecule has 0 bridgehead atoms. The van der Waals surface area contributed by atoms with Crippen LogP contribution in [0.4, 0.5) is 8.78 Å². The molecule has 2 unspecified atom stereocenters. The molecule has 3 nitrogen and oxygen atoms in total. The zero-order chi connectivity index (χ0) is 13.1. The molecule has 19 heavy (non-hydrogen) atoms. The fourth-order valence-electron chi connectivity index (χ4n) is 2.16. The Morgan fingerprint density at radius 2 is 2.16 bits per heavy atom. The van der Waals surface area contributed by atoms with E-state index < -0.39 is 17.5 Å². The molecule has 2 N–H and O–H groups in total. The summed E-state index contributed by atoms with van der Waals surface area (Å²) in [6.45, 7) is 2.91. The Morgan fingerprint density at radius 3 is 2.79 bits per heavy atom. The maximum absolute atomic E-state index is 13.4. The molecule has 1 fully saturated rings. The van der Waals surface area contributed by atoms with Crippen molar-refractivity contribution in [1.82, 2.24) is 10.6 Å². The molecule has 0 aliphatic carbocycles. The summed E-state index contributed by atoms with van der Waals surface area (Å²) in [4.78, 5) is 11.9. The molecule has 0 saturated carbocycles. The van der Waals surface area contributed by atoms with Gasteiger partial charge in [-0.1, -0.05) is 0 Å². The number of nitrogens with one attached hydrogen (secondary N) is 2. The summed E-state index contributed by atoms with van der Waals surface area (Å²) in [5.41, 5.74) is -0.117. The largest absolute Gasteiger partial charge is 0.348 e. The summed E-state index contributed by atoms with van der Waals surface area (Å²) < 4.78 is 26.2. The number of carbonyl (C=O) groups is 1. The van der Waals surface area contributed by atoms with Crippen molar-refractivity contribution >= 4 is 18.3 Å². The van der Waals surface area contributed by atoms with Crippen molar-refractivity contribution in [3.05, 3.63) is 35.4 Å². The van der Waals surface area contributed by atoms with Gasteiger partial charge in [0.1, 0.15) is 11.6 Å². The third kappa shape index (κ3) is 3.88. The zero-order valence-electron chi connectivity index (χ0n) is 10.6. The molecule has 2 atom stereocenters. The average Bonchev–Trinajstić information content (AvgIpc) is 2.32. The number of halogens is 3. The van der Waals surface area contributed by atoms with Crippen LogP contribution >= 0.6 is 12.4 Å². The van der Waals surface area contributed by atoms with Crippen molar-refractivity contribution in [3.8, 4) is 0 Å². The minimum atomic E-state index is -0.830. The molecule has 1 amide bonds. The SMILES string of the molecule is CC1NCCCC1NC(=O)c1ccc(F)cc1F.Cl. The molecule has 1 aromatic rings. The van der Waals surface area contributed by atoms with Gasteiger partial charge in [-0.15, -0.1) is 12.4 Å². The van der Waals surface area contributed by atoms with Gasteiger partial charge in [-0.2, -0.15) is 0 Å². The minimum absolute atomic E-state index is 0. The predicted octanol–water partition coefficient (Wildman–Crippen LogP) is 2.26. The van der Waals surface area contributed by atoms with Crippen molar-refractivity contribution in [2.24, 2.45) is 0 Å². The number of amides is 1. The first-order valence-electron chi connectivity index (χ1n) is 6.07. The smallest absolute Gasteiger partial charge is 0.254 e. The number of piperidine rings is 1. The lowest BCUT2D eigenvalue weighted by Crippen LogP contribution is -2.52. The Morgan fingerprint density at radius 1 is 1.42 bits per heavy atom. The highest BCUT2D eigenvalue weighted by Gasteiger charge is 2.23. The summed E-state index contributed by atoms with van der Waals surface area (Å²) in [7, 11) is 0. The Balaban J connectivity index is 0.00000180. The number of rotatable bonds is 2. The van der Waals surface area contributed by atoms with Crippen LogP contribution in [0.25, 0.3) is 0 Å². The van der Waals surface area contributed by atoms with E-state index in [1.807, 2.05) is 6.92 Å². The van der Waals surface area contributed by atoms with Gasteiger partial charge in [0, 0.05) is 18.2 Å². The van der Waals surface area contributed by atoms with Gasteiger partial charge < -0.3 is 10.6 Å². The van der Waals surface area contributed by atoms with Crippen LogP contribution < -0.4 is 10.6 Å². The average molecular weight is 291 g/mol. The first kappa shape index (κ1) is 15.9. The third-order valence-corrected chi connectivity index (χ3v) is 3.25. The summed E-state index contributed by atoms with van der Waals surface area (Å²) in [6, 6.07) is 3.11. The van der Waals surface area contributed by atoms with Crippen molar-refractivity contribution < 1.29 is 13.6 Å². The van der Waals surface area contributed by atoms with Gasteiger partial charge >= 0.3 is 0 Å². The summed E-state index contributed by atoms with van der Waals surface area (Å²) >= 11 is 0. The number of hydrogen-bond acceptors (Lipinski definition) is 2. The lowest BCUT2D eigenvalue weighted by Gasteiger charge is -2.30. The monoisotopic (exact) mass is 290 g/mol. The van der Waals surface area contributed by atoms with Crippen LogP contribution in [0.1, 0.15) is 30.1 Å². The molecule has 0 aromatic heterocycles. The molecule has 1 saturated heterocycles. The van der Waals surface area contributed by atoms with Crippen molar-refractivity contribution in [2.75, 3.05) is 6.54 Å². The second-order valence-electron chi connectivity index (χ2n) is 4.59. The first-order valence-corrected chi connectivity index (χ1v) is 6.07. The second kappa shape index (κ2) is 6.82. The molecule has 6 heteroatoms. The molecule has 2 rings (SSSR count). The minimum Gasteiger partial charge on any atom is -0.348 e. The topological polar surface area (TPSA) is 41.1 Å². The van der Waals surface area contributed by atoms with E-state index in [-0.39, 0.29) is 30.1 Å². The lowest BCUT2D eigenvalue weighted by atomic mass is 9.99. The van der Waals surface area contributed by atoms with E-state index in [0.717, 1.165) is 31.5 Å². The van der Waals surface area contributed by atoms with Crippen LogP contribution in [0.3, 0.4) is 0 Å². The second-order valence-corrected chi connectivity index (χ2v) is 4.59. The van der Waals surface area contributed by atoms with Crippen molar-refractivity contribution in [3.63, 3.8) is 0 Å². The van der Waals surface area contributed by atoms with E-state index in [2.05, 4.69) is 10.6 Å². The van der Waals surface area contributed by atoms with E-state index >= 15 is 0 Å². The molecular weight excluding hydrogens is 274 g/mol. The molecule has 1 heterocycles. The van der Waals surface area contributed by atoms with Crippen LogP contribution in [-0.4, -0.2) is 24.5 Å². The number of hydrogen-bond donors (Lipinski definition) is 2. The first-order chi connectivity index (χ1) is 8.58. The van der Waals surface area contributed by atoms with E-state index in [4.69, 9.17) is 0 Å². The molecule has 0 radical (unpaired) electrons. The van der Waals surface area contributed by atoms with Gasteiger partial charge in [0.2, 0.25) is 0 Å². The normalized spacial score (nSPS) is 22.5. The highest BCUT2D eigenvalue weighted by atomic mass is 35.5. The molecule has 106 valence electrons. The van der Waals surface area contributed by atoms with Gasteiger partial charge in [0.05, 0.1) is 5.56 Å². The maximum atomic E-state index is 13.4. The van der Waals surface area contributed by atoms with Crippen LogP contribution in [0.15, 0.2) is 18.2 Å². The quantitative estimate of drug-likeness (QED) is 0.877. The Hall–Kier alpha value is -1.20. The molecule has 0 spiro atoms. The van der Waals surface area contributed by atoms with Crippen LogP contribution in [-0.2, 0) is 0 Å². The van der Waals surface area contributed by atoms with Crippen LogP contribution in [0.5, 0.6) is 0 Å². The van der Waals surface area contributed by atoms with Gasteiger partial charge in [-0.3, -0.25) is 4.79 Å². The van der Waals surface area contributed by atoms with E-state index in [1.54, 1.807) is 0 Å². The highest BCUT2D eigenvalue weighted by molar-refractivity contribution is 5.94. The summed E-state index contributed by atoms with van der Waals surface area (Å²) in [5.74, 6) is -2.01. The van der Waals surface area contributed by atoms with Crippen molar-refractivity contribution in [1.29, 1.82) is 0 Å². The lowest BCUT2D eigenvalue weighted by molar-refractivity contribution is 0.0915. The summed E-state index contributed by atoms with van der Waals surface area (Å²) in [5, 5.41) is 6.03. The van der Waals surface area contributed by atoms with E-state index in [1.165, 1.54) is 6.07 Å². The molecular formula is C13H17ClF2N2O. The maximum Gasteiger partial charge on any atom is 0.254 e. The Bertz CT molecular complexity index is 456. The fourth-order valence-corrected chi connectivity index (χ4v) is 2.16. The highest BCUT2D eigenvalue weighted by Crippen LogP contribution is 2.12. The standard InChI is InChI=1S/C13H16F2N2O.ClH/c1-8-12(3-2-6-16-8)17-13(18)10-5-4-9(14)7-11(10)15;/h4-5,7-8,12,16H,2-3,6H2,1H3,(H,17,18);1H. The van der Waals surface area contributed by atoms with Gasteiger partial charge in [0.25, 0.3) is 5.91 Å². The van der Waals surface area contributed by atoms with E-state index in [9.17, 15) is 13.6 Å². The molecule has 1 aromatic carbocycles. The number of carbonyl (C=O) groups excluding carboxylic acids is 1. The van der Waals surface area contributed by atoms with E-state index in [0.29, 0.717) is 0 Å². The van der Waals surface area contributed by atoms with Crippen LogP contribution in [0.2, 0.25) is 0 Å². The Kier molecular flexibility index (Phi) is 5.69. The molecule has 1 aliphatic heterocycles. The third-order valence-electron chi connectivity index (χ3n) is 3.25. The molecule has 1 aliphatic rings. The van der Waals surface area contributed by atoms with Gasteiger partial charge in [-0.25, -0.2) is 8.78 Å². The predicted molar refractivity (Wildman–Crippen MR) is 71.6 cm³/mol.